The summed E-state index contributed by atoms with van der Waals surface area (Å²) >= 11 is 0. The van der Waals surface area contributed by atoms with Crippen molar-refractivity contribution in [3.05, 3.63) is 70.3 Å². The average Bonchev–Trinajstić information content (AvgIpc) is 2.76. The van der Waals surface area contributed by atoms with E-state index in [0.29, 0.717) is 12.2 Å². The van der Waals surface area contributed by atoms with Crippen molar-refractivity contribution in [1.29, 1.82) is 0 Å². The van der Waals surface area contributed by atoms with Crippen LogP contribution in [0.5, 0.6) is 0 Å². The molecular weight excluding hydrogens is 356 g/mol. The average molecular weight is 391 g/mol. The van der Waals surface area contributed by atoms with Gasteiger partial charge < -0.3 is 4.74 Å². The summed E-state index contributed by atoms with van der Waals surface area (Å²) < 4.78 is 5.06. The Balaban J connectivity index is 1.93. The fourth-order valence-corrected chi connectivity index (χ4v) is 4.44. The number of allylic oxidation sites excluding steroid dienone is 1. The van der Waals surface area contributed by atoms with Crippen LogP contribution in [0.1, 0.15) is 93.4 Å². The summed E-state index contributed by atoms with van der Waals surface area (Å²) in [6.45, 7) is 13.9. The van der Waals surface area contributed by atoms with Crippen LogP contribution in [-0.4, -0.2) is 12.6 Å². The standard InChI is InChI=1S/C27H34O2/c1-7-29-25(28)21-11-9-20(10-12-21)17-19(2)22-13-14-23-24(18-22)27(5,6)16-8-15-26(23,3)4/h9-14,17-18H,7-8,15-16H2,1-6H3/b19-17+. The minimum absolute atomic E-state index is 0.195. The van der Waals surface area contributed by atoms with Crippen molar-refractivity contribution < 1.29 is 9.53 Å². The third kappa shape index (κ3) is 4.63. The Morgan fingerprint density at radius 3 is 2.14 bits per heavy atom. The maximum atomic E-state index is 11.8. The van der Waals surface area contributed by atoms with Crippen LogP contribution in [0.2, 0.25) is 0 Å². The molecule has 0 amide bonds. The highest BCUT2D eigenvalue weighted by Crippen LogP contribution is 2.44. The van der Waals surface area contributed by atoms with E-state index in [1.54, 1.807) is 0 Å². The van der Waals surface area contributed by atoms with Gasteiger partial charge in [-0.15, -0.1) is 0 Å². The molecule has 0 N–H and O–H groups in total. The van der Waals surface area contributed by atoms with Crippen molar-refractivity contribution in [2.45, 2.75) is 71.6 Å². The molecule has 0 saturated carbocycles. The summed E-state index contributed by atoms with van der Waals surface area (Å²) in [6.07, 6.45) is 5.92. The van der Waals surface area contributed by atoms with Crippen molar-refractivity contribution >= 4 is 17.6 Å². The van der Waals surface area contributed by atoms with Gasteiger partial charge in [0.2, 0.25) is 0 Å². The molecule has 2 aromatic carbocycles. The first-order valence-electron chi connectivity index (χ1n) is 10.7. The predicted molar refractivity (Wildman–Crippen MR) is 122 cm³/mol. The molecule has 2 aromatic rings. The molecule has 3 rings (SSSR count). The molecule has 0 bridgehead atoms. The molecule has 1 aliphatic rings. The zero-order chi connectivity index (χ0) is 21.2. The van der Waals surface area contributed by atoms with Gasteiger partial charge in [-0.1, -0.05) is 70.5 Å². The van der Waals surface area contributed by atoms with Crippen molar-refractivity contribution in [3.63, 3.8) is 0 Å². The molecule has 0 saturated heterocycles. The summed E-state index contributed by atoms with van der Waals surface area (Å²) in [4.78, 5) is 11.8. The monoisotopic (exact) mass is 390 g/mol. The van der Waals surface area contributed by atoms with Crippen LogP contribution in [0.4, 0.5) is 0 Å². The highest BCUT2D eigenvalue weighted by Gasteiger charge is 2.34. The van der Waals surface area contributed by atoms with E-state index in [0.717, 1.165) is 5.56 Å². The number of benzene rings is 2. The molecule has 154 valence electrons. The van der Waals surface area contributed by atoms with Crippen LogP contribution in [0.25, 0.3) is 11.6 Å². The summed E-state index contributed by atoms with van der Waals surface area (Å²) in [5.41, 5.74) is 7.58. The van der Waals surface area contributed by atoms with Gasteiger partial charge in [-0.3, -0.25) is 0 Å². The second kappa shape index (κ2) is 8.18. The Morgan fingerprint density at radius 1 is 0.931 bits per heavy atom. The Kier molecular flexibility index (Phi) is 6.03. The Labute approximate surface area is 176 Å². The first-order chi connectivity index (χ1) is 13.6. The minimum atomic E-state index is -0.268. The lowest BCUT2D eigenvalue weighted by Gasteiger charge is -2.30. The number of fused-ring (bicyclic) bond motifs is 1. The van der Waals surface area contributed by atoms with Crippen LogP contribution in [-0.2, 0) is 15.6 Å². The van der Waals surface area contributed by atoms with Crippen LogP contribution < -0.4 is 0 Å². The van der Waals surface area contributed by atoms with Crippen LogP contribution in [0.15, 0.2) is 42.5 Å². The Hall–Kier alpha value is -2.35. The molecular formula is C27H34O2. The highest BCUT2D eigenvalue weighted by atomic mass is 16.5. The van der Waals surface area contributed by atoms with Gasteiger partial charge in [0.05, 0.1) is 12.2 Å². The number of hydrogen-bond acceptors (Lipinski definition) is 2. The third-order valence-electron chi connectivity index (χ3n) is 6.34. The lowest BCUT2D eigenvalue weighted by atomic mass is 9.74. The van der Waals surface area contributed by atoms with Crippen molar-refractivity contribution in [1.82, 2.24) is 0 Å². The molecule has 0 aromatic heterocycles. The maximum absolute atomic E-state index is 11.8. The number of hydrogen-bond donors (Lipinski definition) is 0. The van der Waals surface area contributed by atoms with E-state index < -0.39 is 0 Å². The van der Waals surface area contributed by atoms with Gasteiger partial charge in [0, 0.05) is 0 Å². The fourth-order valence-electron chi connectivity index (χ4n) is 4.44. The first-order valence-corrected chi connectivity index (χ1v) is 10.7. The smallest absolute Gasteiger partial charge is 0.338 e. The lowest BCUT2D eigenvalue weighted by Crippen LogP contribution is -2.22. The minimum Gasteiger partial charge on any atom is -0.462 e. The number of esters is 1. The predicted octanol–water partition coefficient (Wildman–Crippen LogP) is 7.16. The van der Waals surface area contributed by atoms with Gasteiger partial charge in [-0.05, 0) is 77.5 Å². The van der Waals surface area contributed by atoms with Crippen molar-refractivity contribution in [3.8, 4) is 0 Å². The molecule has 1 aliphatic carbocycles. The summed E-state index contributed by atoms with van der Waals surface area (Å²) in [6, 6.07) is 14.6. The van der Waals surface area contributed by atoms with Gasteiger partial charge in [0.1, 0.15) is 0 Å². The number of rotatable bonds is 4. The topological polar surface area (TPSA) is 26.3 Å². The number of ether oxygens (including phenoxy) is 1. The molecule has 0 fully saturated rings. The van der Waals surface area contributed by atoms with Gasteiger partial charge in [-0.2, -0.15) is 0 Å². The molecule has 2 heteroatoms. The van der Waals surface area contributed by atoms with Crippen LogP contribution >= 0.6 is 0 Å². The van der Waals surface area contributed by atoms with Gasteiger partial charge >= 0.3 is 5.97 Å². The fraction of sp³-hybridized carbons (Fsp3) is 0.444. The molecule has 0 spiro atoms. The SMILES string of the molecule is CCOC(=O)c1ccc(/C=C(\C)c2ccc3c(c2)C(C)(C)CCCC3(C)C)cc1. The van der Waals surface area contributed by atoms with Crippen LogP contribution in [0.3, 0.4) is 0 Å². The van der Waals surface area contributed by atoms with Crippen molar-refractivity contribution in [2.24, 2.45) is 0 Å². The van der Waals surface area contributed by atoms with E-state index in [2.05, 4.69) is 58.9 Å². The van der Waals surface area contributed by atoms with E-state index in [-0.39, 0.29) is 16.8 Å². The lowest BCUT2D eigenvalue weighted by molar-refractivity contribution is 0.0526. The first kappa shape index (κ1) is 21.4. The second-order valence-corrected chi connectivity index (χ2v) is 9.55. The largest absolute Gasteiger partial charge is 0.462 e. The molecule has 0 atom stereocenters. The van der Waals surface area contributed by atoms with E-state index in [1.165, 1.54) is 41.5 Å². The zero-order valence-corrected chi connectivity index (χ0v) is 18.8. The highest BCUT2D eigenvalue weighted by molar-refractivity contribution is 5.90. The Morgan fingerprint density at radius 2 is 1.52 bits per heavy atom. The van der Waals surface area contributed by atoms with E-state index in [1.807, 2.05) is 31.2 Å². The zero-order valence-electron chi connectivity index (χ0n) is 18.8. The summed E-state index contributed by atoms with van der Waals surface area (Å²) in [5, 5.41) is 0. The molecule has 0 aliphatic heterocycles. The van der Waals surface area contributed by atoms with Gasteiger partial charge in [0.25, 0.3) is 0 Å². The number of carbonyl (C=O) groups is 1. The van der Waals surface area contributed by atoms with E-state index in [9.17, 15) is 4.79 Å². The van der Waals surface area contributed by atoms with Crippen molar-refractivity contribution in [2.75, 3.05) is 6.61 Å². The van der Waals surface area contributed by atoms with Gasteiger partial charge in [-0.25, -0.2) is 4.79 Å². The molecule has 0 radical (unpaired) electrons. The molecule has 2 nitrogen and oxygen atoms in total. The van der Waals surface area contributed by atoms with E-state index in [4.69, 9.17) is 4.74 Å². The van der Waals surface area contributed by atoms with Crippen LogP contribution in [0, 0.1) is 0 Å². The summed E-state index contributed by atoms with van der Waals surface area (Å²) in [5.74, 6) is -0.268. The molecule has 0 unspecified atom stereocenters. The Bertz CT molecular complexity index is 914. The summed E-state index contributed by atoms with van der Waals surface area (Å²) in [7, 11) is 0. The van der Waals surface area contributed by atoms with Gasteiger partial charge in [0.15, 0.2) is 0 Å². The van der Waals surface area contributed by atoms with E-state index >= 15 is 0 Å². The maximum Gasteiger partial charge on any atom is 0.338 e. The number of carbonyl (C=O) groups excluding carboxylic acids is 1. The third-order valence-corrected chi connectivity index (χ3v) is 6.34. The quantitative estimate of drug-likeness (QED) is 0.314. The molecule has 0 heterocycles. The normalized spacial score (nSPS) is 17.9. The second-order valence-electron chi connectivity index (χ2n) is 9.55. The molecule has 29 heavy (non-hydrogen) atoms.